The third-order valence-electron chi connectivity index (χ3n) is 1.77. The zero-order valence-corrected chi connectivity index (χ0v) is 7.42. The fraction of sp³-hybridized carbons (Fsp3) is 0.333. The molecule has 0 heterocycles. The van der Waals surface area contributed by atoms with E-state index in [-0.39, 0.29) is 6.10 Å². The number of azide groups is 1. The average Bonchev–Trinajstić information content (AvgIpc) is 2.21. The molecule has 0 aromatic heterocycles. The number of hydrogen-bond acceptors (Lipinski definition) is 2. The largest absolute Gasteiger partial charge is 0.377 e. The number of nitrogens with zero attached hydrogens (tertiary/aromatic N) is 3. The van der Waals surface area contributed by atoms with Crippen molar-refractivity contribution in [2.75, 3.05) is 13.7 Å². The van der Waals surface area contributed by atoms with Crippen molar-refractivity contribution < 1.29 is 4.74 Å². The lowest BCUT2D eigenvalue weighted by molar-refractivity contribution is 0.110. The summed E-state index contributed by atoms with van der Waals surface area (Å²) in [5.41, 5.74) is 9.19. The van der Waals surface area contributed by atoms with Crippen LogP contribution in [0.3, 0.4) is 0 Å². The van der Waals surface area contributed by atoms with E-state index in [1.807, 2.05) is 30.3 Å². The SMILES string of the molecule is COC(CN=[N+]=[N-])c1ccccc1. The first-order valence-electron chi connectivity index (χ1n) is 3.97. The van der Waals surface area contributed by atoms with E-state index in [1.54, 1.807) is 7.11 Å². The Balaban J connectivity index is 2.72. The number of rotatable bonds is 4. The number of benzene rings is 1. The van der Waals surface area contributed by atoms with Crippen LogP contribution in [0.1, 0.15) is 11.7 Å². The first kappa shape index (κ1) is 9.58. The summed E-state index contributed by atoms with van der Waals surface area (Å²) in [6, 6.07) is 9.68. The quantitative estimate of drug-likeness (QED) is 0.396. The van der Waals surface area contributed by atoms with Crippen molar-refractivity contribution in [2.24, 2.45) is 5.11 Å². The van der Waals surface area contributed by atoms with Gasteiger partial charge < -0.3 is 4.74 Å². The summed E-state index contributed by atoms with van der Waals surface area (Å²) < 4.78 is 5.17. The molecule has 0 saturated heterocycles. The highest BCUT2D eigenvalue weighted by molar-refractivity contribution is 5.17. The first-order valence-corrected chi connectivity index (χ1v) is 3.97. The van der Waals surface area contributed by atoms with Gasteiger partial charge in [0.15, 0.2) is 0 Å². The summed E-state index contributed by atoms with van der Waals surface area (Å²) in [4.78, 5) is 2.69. The summed E-state index contributed by atoms with van der Waals surface area (Å²) in [6.07, 6.45) is -0.142. The summed E-state index contributed by atoms with van der Waals surface area (Å²) in [6.45, 7) is 0.330. The molecule has 1 aromatic carbocycles. The van der Waals surface area contributed by atoms with E-state index >= 15 is 0 Å². The predicted molar refractivity (Wildman–Crippen MR) is 50.2 cm³/mol. The molecule has 0 aliphatic heterocycles. The van der Waals surface area contributed by atoms with Gasteiger partial charge in [-0.1, -0.05) is 35.4 Å². The standard InChI is InChI=1S/C9H11N3O/c1-13-9(7-11-12-10)8-5-3-2-4-6-8/h2-6,9H,7H2,1H3. The van der Waals surface area contributed by atoms with Gasteiger partial charge in [0.05, 0.1) is 12.6 Å². The minimum atomic E-state index is -0.142. The maximum atomic E-state index is 8.16. The van der Waals surface area contributed by atoms with Gasteiger partial charge in [-0.15, -0.1) is 0 Å². The molecular weight excluding hydrogens is 166 g/mol. The molecule has 0 saturated carbocycles. The third kappa shape index (κ3) is 2.78. The molecule has 1 unspecified atom stereocenters. The van der Waals surface area contributed by atoms with Crippen LogP contribution in [0.4, 0.5) is 0 Å². The van der Waals surface area contributed by atoms with Crippen LogP contribution < -0.4 is 0 Å². The molecule has 0 fully saturated rings. The lowest BCUT2D eigenvalue weighted by Gasteiger charge is -2.12. The summed E-state index contributed by atoms with van der Waals surface area (Å²) in [7, 11) is 1.60. The van der Waals surface area contributed by atoms with Crippen LogP contribution in [0.15, 0.2) is 35.4 Å². The Kier molecular flexibility index (Phi) is 3.82. The van der Waals surface area contributed by atoms with E-state index in [9.17, 15) is 0 Å². The molecule has 0 aliphatic rings. The summed E-state index contributed by atoms with van der Waals surface area (Å²) >= 11 is 0. The van der Waals surface area contributed by atoms with Crippen LogP contribution in [0.2, 0.25) is 0 Å². The van der Waals surface area contributed by atoms with Gasteiger partial charge in [0, 0.05) is 12.0 Å². The van der Waals surface area contributed by atoms with E-state index in [2.05, 4.69) is 10.0 Å². The molecule has 0 amide bonds. The van der Waals surface area contributed by atoms with Gasteiger partial charge in [0.2, 0.25) is 0 Å². The summed E-state index contributed by atoms with van der Waals surface area (Å²) in [5.74, 6) is 0. The lowest BCUT2D eigenvalue weighted by Crippen LogP contribution is -2.04. The monoisotopic (exact) mass is 177 g/mol. The average molecular weight is 177 g/mol. The van der Waals surface area contributed by atoms with E-state index in [4.69, 9.17) is 10.3 Å². The zero-order chi connectivity index (χ0) is 9.52. The molecule has 0 bridgehead atoms. The number of hydrogen-bond donors (Lipinski definition) is 0. The Morgan fingerprint density at radius 2 is 2.15 bits per heavy atom. The Morgan fingerprint density at radius 3 is 2.69 bits per heavy atom. The highest BCUT2D eigenvalue weighted by Gasteiger charge is 2.07. The lowest BCUT2D eigenvalue weighted by atomic mass is 10.1. The smallest absolute Gasteiger partial charge is 0.0877 e. The van der Waals surface area contributed by atoms with Crippen LogP contribution in [0, 0.1) is 0 Å². The van der Waals surface area contributed by atoms with Crippen molar-refractivity contribution in [3.05, 3.63) is 46.3 Å². The Morgan fingerprint density at radius 1 is 1.46 bits per heavy atom. The Labute approximate surface area is 76.8 Å². The second-order valence-electron chi connectivity index (χ2n) is 2.55. The van der Waals surface area contributed by atoms with Crippen LogP contribution in [-0.2, 0) is 4.74 Å². The molecule has 4 nitrogen and oxygen atoms in total. The second kappa shape index (κ2) is 5.19. The Hall–Kier alpha value is -1.51. The maximum Gasteiger partial charge on any atom is 0.0877 e. The van der Waals surface area contributed by atoms with Crippen molar-refractivity contribution in [2.45, 2.75) is 6.10 Å². The van der Waals surface area contributed by atoms with Crippen LogP contribution in [-0.4, -0.2) is 13.7 Å². The molecule has 13 heavy (non-hydrogen) atoms. The molecule has 1 atom stereocenters. The van der Waals surface area contributed by atoms with Crippen molar-refractivity contribution in [1.29, 1.82) is 0 Å². The molecule has 0 N–H and O–H groups in total. The molecular formula is C9H11N3O. The molecule has 0 radical (unpaired) electrons. The van der Waals surface area contributed by atoms with Crippen molar-refractivity contribution >= 4 is 0 Å². The third-order valence-corrected chi connectivity index (χ3v) is 1.77. The topological polar surface area (TPSA) is 58.0 Å². The molecule has 4 heteroatoms. The van der Waals surface area contributed by atoms with Crippen LogP contribution in [0.25, 0.3) is 10.4 Å². The minimum Gasteiger partial charge on any atom is -0.377 e. The van der Waals surface area contributed by atoms with Gasteiger partial charge in [0.1, 0.15) is 0 Å². The van der Waals surface area contributed by atoms with Crippen molar-refractivity contribution in [3.8, 4) is 0 Å². The van der Waals surface area contributed by atoms with E-state index in [0.717, 1.165) is 5.56 Å². The number of ether oxygens (including phenoxy) is 1. The minimum absolute atomic E-state index is 0.142. The van der Waals surface area contributed by atoms with Gasteiger partial charge in [-0.25, -0.2) is 0 Å². The molecule has 68 valence electrons. The normalized spacial score (nSPS) is 11.8. The fourth-order valence-corrected chi connectivity index (χ4v) is 1.09. The van der Waals surface area contributed by atoms with Gasteiger partial charge in [-0.05, 0) is 11.1 Å². The fourth-order valence-electron chi connectivity index (χ4n) is 1.09. The maximum absolute atomic E-state index is 8.16. The van der Waals surface area contributed by atoms with Crippen molar-refractivity contribution in [1.82, 2.24) is 0 Å². The van der Waals surface area contributed by atoms with Gasteiger partial charge in [0.25, 0.3) is 0 Å². The van der Waals surface area contributed by atoms with Crippen LogP contribution >= 0.6 is 0 Å². The van der Waals surface area contributed by atoms with E-state index in [1.165, 1.54) is 0 Å². The number of methoxy groups -OCH3 is 1. The zero-order valence-electron chi connectivity index (χ0n) is 7.42. The Bertz CT molecular complexity index is 293. The first-order chi connectivity index (χ1) is 6.38. The highest BCUT2D eigenvalue weighted by Crippen LogP contribution is 2.15. The van der Waals surface area contributed by atoms with E-state index in [0.29, 0.717) is 6.54 Å². The molecule has 0 aliphatic carbocycles. The molecule has 0 spiro atoms. The van der Waals surface area contributed by atoms with Gasteiger partial charge in [-0.3, -0.25) is 0 Å². The van der Waals surface area contributed by atoms with E-state index < -0.39 is 0 Å². The molecule has 1 rings (SSSR count). The predicted octanol–water partition coefficient (Wildman–Crippen LogP) is 2.68. The molecule has 1 aromatic rings. The van der Waals surface area contributed by atoms with Crippen molar-refractivity contribution in [3.63, 3.8) is 0 Å². The summed E-state index contributed by atoms with van der Waals surface area (Å²) in [5, 5.41) is 3.47. The second-order valence-corrected chi connectivity index (χ2v) is 2.55. The van der Waals surface area contributed by atoms with Gasteiger partial charge in [-0.2, -0.15) is 0 Å². The van der Waals surface area contributed by atoms with Gasteiger partial charge >= 0.3 is 0 Å². The van der Waals surface area contributed by atoms with Crippen LogP contribution in [0.5, 0.6) is 0 Å². The highest BCUT2D eigenvalue weighted by atomic mass is 16.5.